The molecule has 3 unspecified atom stereocenters. The second kappa shape index (κ2) is 7.78. The standard InChI is InChI=1S/C25H31N3O2/c1-30-25(18-12-13-27-22(14-18)24(26)29)19-8-5-9-20(25)16-28(15-19)23-11-10-21(23)17-6-3-2-4-7-17/h2-4,6-7,12-14,19-21,23H,5,8-11,15-16H2,1H3,(H2,26,29)/t19-,20+,21?,23?,25?. The first-order chi connectivity index (χ1) is 14.6. The van der Waals surface area contributed by atoms with Crippen LogP contribution in [0.15, 0.2) is 48.7 Å². The van der Waals surface area contributed by atoms with Crippen LogP contribution in [0.2, 0.25) is 0 Å². The van der Waals surface area contributed by atoms with E-state index in [4.69, 9.17) is 10.5 Å². The Bertz CT molecular complexity index is 902. The molecule has 2 aliphatic carbocycles. The number of ether oxygens (including phenoxy) is 1. The van der Waals surface area contributed by atoms with Crippen LogP contribution in [0.4, 0.5) is 0 Å². The van der Waals surface area contributed by atoms with Crippen molar-refractivity contribution in [3.8, 4) is 0 Å². The molecular formula is C25H31N3O2. The topological polar surface area (TPSA) is 68.5 Å². The molecule has 2 aromatic rings. The first-order valence-corrected chi connectivity index (χ1v) is 11.2. The van der Waals surface area contributed by atoms with Gasteiger partial charge in [-0.1, -0.05) is 36.8 Å². The fraction of sp³-hybridized carbons (Fsp3) is 0.520. The zero-order valence-electron chi connectivity index (χ0n) is 17.7. The van der Waals surface area contributed by atoms with E-state index in [2.05, 4.69) is 40.2 Å². The van der Waals surface area contributed by atoms with Gasteiger partial charge in [0.15, 0.2) is 0 Å². The van der Waals surface area contributed by atoms with Gasteiger partial charge in [0.2, 0.25) is 0 Å². The van der Waals surface area contributed by atoms with Crippen LogP contribution < -0.4 is 5.73 Å². The summed E-state index contributed by atoms with van der Waals surface area (Å²) in [6.45, 7) is 2.10. The Morgan fingerprint density at radius 2 is 1.83 bits per heavy atom. The Morgan fingerprint density at radius 3 is 2.43 bits per heavy atom. The third-order valence-corrected chi connectivity index (χ3v) is 7.96. The highest BCUT2D eigenvalue weighted by Gasteiger charge is 2.55. The maximum Gasteiger partial charge on any atom is 0.267 e. The van der Waals surface area contributed by atoms with E-state index in [0.717, 1.165) is 31.5 Å². The fourth-order valence-corrected chi connectivity index (χ4v) is 6.48. The molecule has 1 aliphatic heterocycles. The van der Waals surface area contributed by atoms with E-state index >= 15 is 0 Å². The van der Waals surface area contributed by atoms with Gasteiger partial charge in [-0.05, 0) is 54.9 Å². The molecule has 0 radical (unpaired) electrons. The van der Waals surface area contributed by atoms with Gasteiger partial charge in [0.25, 0.3) is 5.91 Å². The molecule has 5 heteroatoms. The van der Waals surface area contributed by atoms with Gasteiger partial charge in [0, 0.05) is 44.3 Å². The number of likely N-dealkylation sites (tertiary alicyclic amines) is 1. The monoisotopic (exact) mass is 405 g/mol. The number of primary amides is 1. The van der Waals surface area contributed by atoms with Crippen LogP contribution in [0.3, 0.4) is 0 Å². The van der Waals surface area contributed by atoms with Gasteiger partial charge in [-0.25, -0.2) is 0 Å². The van der Waals surface area contributed by atoms with Crippen LogP contribution in [0, 0.1) is 11.8 Å². The molecular weight excluding hydrogens is 374 g/mol. The Kier molecular flexibility index (Phi) is 5.11. The molecule has 1 saturated heterocycles. The van der Waals surface area contributed by atoms with Crippen molar-refractivity contribution in [2.75, 3.05) is 20.2 Å². The summed E-state index contributed by atoms with van der Waals surface area (Å²) in [7, 11) is 1.83. The van der Waals surface area contributed by atoms with Gasteiger partial charge in [0.05, 0.1) is 0 Å². The number of carbonyl (C=O) groups is 1. The minimum atomic E-state index is -0.481. The molecule has 158 valence electrons. The number of hydrogen-bond acceptors (Lipinski definition) is 4. The van der Waals surface area contributed by atoms with Crippen LogP contribution in [-0.4, -0.2) is 42.0 Å². The summed E-state index contributed by atoms with van der Waals surface area (Å²) >= 11 is 0. The Morgan fingerprint density at radius 1 is 1.10 bits per heavy atom. The number of amides is 1. The Balaban J connectivity index is 1.44. The quantitative estimate of drug-likeness (QED) is 0.824. The predicted molar refractivity (Wildman–Crippen MR) is 116 cm³/mol. The van der Waals surface area contributed by atoms with E-state index in [1.807, 2.05) is 19.2 Å². The van der Waals surface area contributed by atoms with E-state index in [0.29, 0.717) is 29.5 Å². The van der Waals surface area contributed by atoms with Gasteiger partial charge >= 0.3 is 0 Å². The van der Waals surface area contributed by atoms with Crippen LogP contribution >= 0.6 is 0 Å². The molecule has 2 heterocycles. The highest BCUT2D eigenvalue weighted by Crippen LogP contribution is 2.53. The first kappa shape index (κ1) is 19.7. The number of nitrogens with zero attached hydrogens (tertiary/aromatic N) is 2. The maximum absolute atomic E-state index is 11.7. The summed E-state index contributed by atoms with van der Waals surface area (Å²) in [5.74, 6) is 0.987. The zero-order chi connectivity index (χ0) is 20.7. The van der Waals surface area contributed by atoms with Crippen molar-refractivity contribution >= 4 is 5.91 Å². The van der Waals surface area contributed by atoms with Crippen LogP contribution in [0.5, 0.6) is 0 Å². The number of piperidine rings is 1. The summed E-state index contributed by atoms with van der Waals surface area (Å²) < 4.78 is 6.35. The van der Waals surface area contributed by atoms with Crippen molar-refractivity contribution in [1.82, 2.24) is 9.88 Å². The molecule has 2 N–H and O–H groups in total. The van der Waals surface area contributed by atoms with E-state index < -0.39 is 5.91 Å². The molecule has 5 nitrogen and oxygen atoms in total. The van der Waals surface area contributed by atoms with Crippen molar-refractivity contribution in [3.05, 3.63) is 65.5 Å². The number of benzene rings is 1. The summed E-state index contributed by atoms with van der Waals surface area (Å²) in [6, 6.07) is 15.5. The molecule has 1 aromatic heterocycles. The average Bonchev–Trinajstić information content (AvgIpc) is 2.73. The summed E-state index contributed by atoms with van der Waals surface area (Å²) in [4.78, 5) is 18.6. The molecule has 2 bridgehead atoms. The number of rotatable bonds is 5. The fourth-order valence-electron chi connectivity index (χ4n) is 6.48. The minimum absolute atomic E-state index is 0.326. The van der Waals surface area contributed by atoms with Gasteiger partial charge in [-0.2, -0.15) is 0 Å². The minimum Gasteiger partial charge on any atom is -0.373 e. The van der Waals surface area contributed by atoms with Gasteiger partial charge < -0.3 is 10.5 Å². The highest BCUT2D eigenvalue weighted by molar-refractivity contribution is 5.90. The largest absolute Gasteiger partial charge is 0.373 e. The molecule has 3 aliphatic rings. The van der Waals surface area contributed by atoms with Crippen LogP contribution in [0.25, 0.3) is 0 Å². The van der Waals surface area contributed by atoms with E-state index in [9.17, 15) is 4.79 Å². The third kappa shape index (κ3) is 3.07. The van der Waals surface area contributed by atoms with Crippen molar-refractivity contribution in [3.63, 3.8) is 0 Å². The molecule has 3 fully saturated rings. The highest BCUT2D eigenvalue weighted by atomic mass is 16.5. The summed E-state index contributed by atoms with van der Waals surface area (Å²) in [6.07, 6.45) is 7.81. The normalized spacial score (nSPS) is 33.6. The number of nitrogens with two attached hydrogens (primary N) is 1. The summed E-state index contributed by atoms with van der Waals surface area (Å²) in [5.41, 5.74) is 8.03. The average molecular weight is 406 g/mol. The van der Waals surface area contributed by atoms with E-state index in [1.165, 1.54) is 24.8 Å². The lowest BCUT2D eigenvalue weighted by Crippen LogP contribution is -2.62. The van der Waals surface area contributed by atoms with Crippen LogP contribution in [0.1, 0.15) is 59.6 Å². The Labute approximate surface area is 178 Å². The third-order valence-electron chi connectivity index (χ3n) is 7.96. The van der Waals surface area contributed by atoms with Gasteiger partial charge in [0.1, 0.15) is 11.3 Å². The zero-order valence-corrected chi connectivity index (χ0v) is 17.7. The molecule has 2 saturated carbocycles. The smallest absolute Gasteiger partial charge is 0.267 e. The summed E-state index contributed by atoms with van der Waals surface area (Å²) in [5, 5.41) is 0. The number of pyridine rings is 1. The number of hydrogen-bond donors (Lipinski definition) is 1. The lowest BCUT2D eigenvalue weighted by Gasteiger charge is -2.58. The molecule has 5 rings (SSSR count). The van der Waals surface area contributed by atoms with Crippen LogP contribution in [-0.2, 0) is 10.3 Å². The SMILES string of the molecule is COC1(c2ccnc(C(N)=O)c2)[C@@H]2CCC[C@H]1CN(C1CCC1c1ccccc1)C2. The molecule has 1 aromatic carbocycles. The molecule has 0 spiro atoms. The van der Waals surface area contributed by atoms with E-state index in [-0.39, 0.29) is 5.60 Å². The number of aromatic nitrogens is 1. The van der Waals surface area contributed by atoms with Gasteiger partial charge in [-0.15, -0.1) is 0 Å². The van der Waals surface area contributed by atoms with Gasteiger partial charge in [-0.3, -0.25) is 14.7 Å². The van der Waals surface area contributed by atoms with E-state index in [1.54, 1.807) is 6.20 Å². The second-order valence-corrected chi connectivity index (χ2v) is 9.23. The van der Waals surface area contributed by atoms with Crippen molar-refractivity contribution < 1.29 is 9.53 Å². The second-order valence-electron chi connectivity index (χ2n) is 9.23. The van der Waals surface area contributed by atoms with Crippen molar-refractivity contribution in [1.29, 1.82) is 0 Å². The number of methoxy groups -OCH3 is 1. The Hall–Kier alpha value is -2.24. The first-order valence-electron chi connectivity index (χ1n) is 11.2. The predicted octanol–water partition coefficient (Wildman–Crippen LogP) is 3.70. The molecule has 1 amide bonds. The molecule has 5 atom stereocenters. The number of carbonyl (C=O) groups excluding carboxylic acids is 1. The molecule has 30 heavy (non-hydrogen) atoms. The van der Waals surface area contributed by atoms with Crippen molar-refractivity contribution in [2.24, 2.45) is 17.6 Å². The maximum atomic E-state index is 11.7. The van der Waals surface area contributed by atoms with Crippen molar-refractivity contribution in [2.45, 2.75) is 49.7 Å². The number of fused-ring (bicyclic) bond motifs is 2. The lowest BCUT2D eigenvalue weighted by molar-refractivity contribution is -0.179. The lowest BCUT2D eigenvalue weighted by atomic mass is 9.61.